The molecule has 0 radical (unpaired) electrons. The molecule has 1 heterocycles. The highest BCUT2D eigenvalue weighted by Gasteiger charge is 2.17. The van der Waals surface area contributed by atoms with E-state index in [9.17, 15) is 13.6 Å². The van der Waals surface area contributed by atoms with Gasteiger partial charge in [-0.2, -0.15) is 5.10 Å². The molecule has 2 aromatic rings. The first kappa shape index (κ1) is 14.2. The first-order valence-corrected chi connectivity index (χ1v) is 6.12. The molecular weight excluding hydrogens is 264 g/mol. The maximum absolute atomic E-state index is 13.5. The third-order valence-electron chi connectivity index (χ3n) is 3.18. The molecule has 1 N–H and O–H groups in total. The number of hydrogen-bond donors (Lipinski definition) is 1. The van der Waals surface area contributed by atoms with Gasteiger partial charge < -0.3 is 5.32 Å². The van der Waals surface area contributed by atoms with Crippen molar-refractivity contribution in [2.45, 2.75) is 20.4 Å². The lowest BCUT2D eigenvalue weighted by Gasteiger charge is -2.07. The molecule has 20 heavy (non-hydrogen) atoms. The van der Waals surface area contributed by atoms with Crippen molar-refractivity contribution in [2.75, 3.05) is 0 Å². The molecule has 2 rings (SSSR count). The van der Waals surface area contributed by atoms with E-state index in [0.29, 0.717) is 11.3 Å². The number of halogens is 2. The standard InChI is InChI=1S/C14H15F2N3O/c1-8-13(9(2)19(3)18-8)14(20)17-7-10-6-11(15)4-5-12(10)16/h4-6H,7H2,1-3H3,(H,17,20). The smallest absolute Gasteiger partial charge is 0.255 e. The third-order valence-corrected chi connectivity index (χ3v) is 3.18. The van der Waals surface area contributed by atoms with Gasteiger partial charge in [0.05, 0.1) is 11.3 Å². The van der Waals surface area contributed by atoms with Gasteiger partial charge in [-0.25, -0.2) is 8.78 Å². The zero-order valence-electron chi connectivity index (χ0n) is 11.5. The molecule has 0 atom stereocenters. The van der Waals surface area contributed by atoms with Crippen LogP contribution >= 0.6 is 0 Å². The van der Waals surface area contributed by atoms with Crippen molar-refractivity contribution in [3.05, 3.63) is 52.3 Å². The van der Waals surface area contributed by atoms with Crippen molar-refractivity contribution in [2.24, 2.45) is 7.05 Å². The molecule has 4 nitrogen and oxygen atoms in total. The lowest BCUT2D eigenvalue weighted by atomic mass is 10.1. The Morgan fingerprint density at radius 1 is 1.35 bits per heavy atom. The summed E-state index contributed by atoms with van der Waals surface area (Å²) in [5, 5.41) is 6.72. The van der Waals surface area contributed by atoms with Crippen molar-refractivity contribution >= 4 is 5.91 Å². The van der Waals surface area contributed by atoms with Crippen LogP contribution in [-0.2, 0) is 13.6 Å². The molecule has 0 aliphatic heterocycles. The van der Waals surface area contributed by atoms with E-state index in [4.69, 9.17) is 0 Å². The van der Waals surface area contributed by atoms with Gasteiger partial charge in [0.25, 0.3) is 5.91 Å². The summed E-state index contributed by atoms with van der Waals surface area (Å²) < 4.78 is 28.1. The molecule has 0 fully saturated rings. The van der Waals surface area contributed by atoms with Crippen LogP contribution in [0.5, 0.6) is 0 Å². The number of nitrogens with zero attached hydrogens (tertiary/aromatic N) is 2. The van der Waals surface area contributed by atoms with Gasteiger partial charge in [-0.05, 0) is 32.0 Å². The Morgan fingerprint density at radius 2 is 2.05 bits per heavy atom. The quantitative estimate of drug-likeness (QED) is 0.936. The maximum Gasteiger partial charge on any atom is 0.255 e. The van der Waals surface area contributed by atoms with E-state index >= 15 is 0 Å². The number of aromatic nitrogens is 2. The number of hydrogen-bond acceptors (Lipinski definition) is 2. The summed E-state index contributed by atoms with van der Waals surface area (Å²) in [7, 11) is 1.74. The molecule has 0 saturated carbocycles. The number of amides is 1. The molecule has 1 aromatic carbocycles. The molecule has 0 saturated heterocycles. The number of aryl methyl sites for hydroxylation is 2. The summed E-state index contributed by atoms with van der Waals surface area (Å²) in [6.45, 7) is 3.43. The summed E-state index contributed by atoms with van der Waals surface area (Å²) >= 11 is 0. The van der Waals surface area contributed by atoms with Crippen LogP contribution in [0.1, 0.15) is 27.3 Å². The van der Waals surface area contributed by atoms with Gasteiger partial charge in [-0.15, -0.1) is 0 Å². The van der Waals surface area contributed by atoms with E-state index < -0.39 is 11.6 Å². The van der Waals surface area contributed by atoms with E-state index in [1.807, 2.05) is 0 Å². The average molecular weight is 279 g/mol. The molecule has 1 aromatic heterocycles. The maximum atomic E-state index is 13.5. The SMILES string of the molecule is Cc1nn(C)c(C)c1C(=O)NCc1cc(F)ccc1F. The summed E-state index contributed by atoms with van der Waals surface area (Å²) in [4.78, 5) is 12.1. The molecule has 0 aliphatic carbocycles. The highest BCUT2D eigenvalue weighted by molar-refractivity contribution is 5.96. The number of benzene rings is 1. The lowest BCUT2D eigenvalue weighted by Crippen LogP contribution is -2.24. The summed E-state index contributed by atoms with van der Waals surface area (Å²) in [6, 6.07) is 3.14. The van der Waals surface area contributed by atoms with Gasteiger partial charge >= 0.3 is 0 Å². The summed E-state index contributed by atoms with van der Waals surface area (Å²) in [6.07, 6.45) is 0. The fraction of sp³-hybridized carbons (Fsp3) is 0.286. The van der Waals surface area contributed by atoms with Crippen molar-refractivity contribution in [3.63, 3.8) is 0 Å². The number of nitrogens with one attached hydrogen (secondary N) is 1. The van der Waals surface area contributed by atoms with Crippen molar-refractivity contribution in [1.82, 2.24) is 15.1 Å². The number of carbonyl (C=O) groups excluding carboxylic acids is 1. The molecule has 0 aliphatic rings. The minimum absolute atomic E-state index is 0.0732. The van der Waals surface area contributed by atoms with Gasteiger partial charge in [0.2, 0.25) is 0 Å². The Balaban J connectivity index is 2.15. The Hall–Kier alpha value is -2.24. The van der Waals surface area contributed by atoms with E-state index in [-0.39, 0.29) is 18.0 Å². The monoisotopic (exact) mass is 279 g/mol. The van der Waals surface area contributed by atoms with Crippen LogP contribution in [0.4, 0.5) is 8.78 Å². The van der Waals surface area contributed by atoms with Gasteiger partial charge in [-0.1, -0.05) is 0 Å². The van der Waals surface area contributed by atoms with Crippen LogP contribution in [0.25, 0.3) is 0 Å². The van der Waals surface area contributed by atoms with Crippen LogP contribution < -0.4 is 5.32 Å². The Morgan fingerprint density at radius 3 is 2.65 bits per heavy atom. The molecule has 0 bridgehead atoms. The highest BCUT2D eigenvalue weighted by atomic mass is 19.1. The Labute approximate surface area is 115 Å². The van der Waals surface area contributed by atoms with Gasteiger partial charge in [0.15, 0.2) is 0 Å². The molecule has 0 unspecified atom stereocenters. The highest BCUT2D eigenvalue weighted by Crippen LogP contribution is 2.13. The average Bonchev–Trinajstić information content (AvgIpc) is 2.64. The van der Waals surface area contributed by atoms with Crippen LogP contribution in [0.3, 0.4) is 0 Å². The molecule has 1 amide bonds. The fourth-order valence-electron chi connectivity index (χ4n) is 2.04. The second kappa shape index (κ2) is 5.40. The number of rotatable bonds is 3. The largest absolute Gasteiger partial charge is 0.348 e. The number of carbonyl (C=O) groups is 1. The second-order valence-corrected chi connectivity index (χ2v) is 4.59. The van der Waals surface area contributed by atoms with E-state index in [1.165, 1.54) is 0 Å². The Bertz CT molecular complexity index is 665. The topological polar surface area (TPSA) is 46.9 Å². The van der Waals surface area contributed by atoms with Gasteiger partial charge in [0.1, 0.15) is 11.6 Å². The molecule has 6 heteroatoms. The minimum Gasteiger partial charge on any atom is -0.348 e. The van der Waals surface area contributed by atoms with Crippen LogP contribution in [0, 0.1) is 25.5 Å². The summed E-state index contributed by atoms with van der Waals surface area (Å²) in [5.74, 6) is -1.44. The second-order valence-electron chi connectivity index (χ2n) is 4.59. The minimum atomic E-state index is -0.550. The van der Waals surface area contributed by atoms with E-state index in [1.54, 1.807) is 25.6 Å². The molecular formula is C14H15F2N3O. The fourth-order valence-corrected chi connectivity index (χ4v) is 2.04. The molecule has 0 spiro atoms. The normalized spacial score (nSPS) is 10.7. The van der Waals surface area contributed by atoms with E-state index in [0.717, 1.165) is 23.9 Å². The van der Waals surface area contributed by atoms with Crippen LogP contribution in [-0.4, -0.2) is 15.7 Å². The van der Waals surface area contributed by atoms with Crippen molar-refractivity contribution in [3.8, 4) is 0 Å². The predicted molar refractivity (Wildman–Crippen MR) is 70.2 cm³/mol. The first-order valence-electron chi connectivity index (χ1n) is 6.12. The van der Waals surface area contributed by atoms with Crippen molar-refractivity contribution in [1.29, 1.82) is 0 Å². The predicted octanol–water partition coefficient (Wildman–Crippen LogP) is 2.25. The zero-order chi connectivity index (χ0) is 14.9. The van der Waals surface area contributed by atoms with Crippen LogP contribution in [0.2, 0.25) is 0 Å². The van der Waals surface area contributed by atoms with E-state index in [2.05, 4.69) is 10.4 Å². The van der Waals surface area contributed by atoms with Crippen LogP contribution in [0.15, 0.2) is 18.2 Å². The first-order chi connectivity index (χ1) is 9.40. The van der Waals surface area contributed by atoms with Gasteiger partial charge in [-0.3, -0.25) is 9.48 Å². The molecule has 106 valence electrons. The summed E-state index contributed by atoms with van der Waals surface area (Å²) in [5.41, 5.74) is 1.89. The lowest BCUT2D eigenvalue weighted by molar-refractivity contribution is 0.0949. The Kier molecular flexibility index (Phi) is 3.83. The van der Waals surface area contributed by atoms with Crippen molar-refractivity contribution < 1.29 is 13.6 Å². The zero-order valence-corrected chi connectivity index (χ0v) is 11.5. The van der Waals surface area contributed by atoms with Gasteiger partial charge in [0, 0.05) is 24.8 Å². The third kappa shape index (κ3) is 2.68.